The molecule has 1 unspecified atom stereocenters. The monoisotopic (exact) mass is 285 g/mol. The second-order valence-electron chi connectivity index (χ2n) is 6.26. The number of hydrogen-bond acceptors (Lipinski definition) is 1. The number of nitrogens with one attached hydrogen (secondary N) is 1. The van der Waals surface area contributed by atoms with E-state index in [9.17, 15) is 4.39 Å². The summed E-state index contributed by atoms with van der Waals surface area (Å²) in [7, 11) is 0. The van der Waals surface area contributed by atoms with Crippen molar-refractivity contribution in [3.63, 3.8) is 0 Å². The highest BCUT2D eigenvalue weighted by atomic mass is 35.5. The third-order valence-corrected chi connectivity index (χ3v) is 4.28. The number of rotatable bonds is 6. The molecule has 1 N–H and O–H groups in total. The zero-order valence-corrected chi connectivity index (χ0v) is 13.3. The molecule has 1 atom stereocenters. The minimum Gasteiger partial charge on any atom is -0.314 e. The first kappa shape index (κ1) is 16.5. The lowest BCUT2D eigenvalue weighted by Gasteiger charge is -2.35. The summed E-state index contributed by atoms with van der Waals surface area (Å²) in [6.45, 7) is 11.8. The predicted octanol–water partition coefficient (Wildman–Crippen LogP) is 4.68. The summed E-state index contributed by atoms with van der Waals surface area (Å²) in [4.78, 5) is 0. The maximum Gasteiger partial charge on any atom is 0.123 e. The van der Waals surface area contributed by atoms with E-state index in [0.717, 1.165) is 18.5 Å². The molecule has 0 aliphatic rings. The van der Waals surface area contributed by atoms with Crippen LogP contribution in [0.15, 0.2) is 18.2 Å². The third kappa shape index (κ3) is 4.77. The highest BCUT2D eigenvalue weighted by molar-refractivity contribution is 6.31. The number of hydrogen-bond donors (Lipinski definition) is 1. The van der Waals surface area contributed by atoms with E-state index in [1.807, 2.05) is 0 Å². The average molecular weight is 286 g/mol. The first-order valence-corrected chi connectivity index (χ1v) is 7.29. The summed E-state index contributed by atoms with van der Waals surface area (Å²) in [6, 6.07) is 5.05. The first-order valence-electron chi connectivity index (χ1n) is 6.92. The normalized spacial score (nSPS) is 15.0. The third-order valence-electron chi connectivity index (χ3n) is 3.91. The maximum atomic E-state index is 13.4. The van der Waals surface area contributed by atoms with Gasteiger partial charge in [0.1, 0.15) is 5.82 Å². The Balaban J connectivity index is 2.91. The van der Waals surface area contributed by atoms with Gasteiger partial charge >= 0.3 is 0 Å². The Morgan fingerprint density at radius 2 is 1.89 bits per heavy atom. The van der Waals surface area contributed by atoms with E-state index in [1.54, 1.807) is 12.1 Å². The van der Waals surface area contributed by atoms with Crippen LogP contribution in [0.1, 0.15) is 40.2 Å². The fourth-order valence-corrected chi connectivity index (χ4v) is 2.21. The van der Waals surface area contributed by atoms with Crippen LogP contribution >= 0.6 is 11.6 Å². The SMILES string of the molecule is CC(C)NCC(C)(Cc1cc(F)ccc1Cl)C(C)C. The van der Waals surface area contributed by atoms with Gasteiger partial charge in [0.15, 0.2) is 0 Å². The molecule has 1 aromatic carbocycles. The van der Waals surface area contributed by atoms with Crippen molar-refractivity contribution in [2.45, 2.75) is 47.1 Å². The average Bonchev–Trinajstić information content (AvgIpc) is 2.31. The fraction of sp³-hybridized carbons (Fsp3) is 0.625. The summed E-state index contributed by atoms with van der Waals surface area (Å²) in [5.41, 5.74) is 0.949. The van der Waals surface area contributed by atoms with Crippen molar-refractivity contribution in [2.75, 3.05) is 6.54 Å². The van der Waals surface area contributed by atoms with Crippen molar-refractivity contribution in [2.24, 2.45) is 11.3 Å². The first-order chi connectivity index (χ1) is 8.74. The summed E-state index contributed by atoms with van der Waals surface area (Å²) in [5.74, 6) is 0.264. The minimum atomic E-state index is -0.220. The maximum absolute atomic E-state index is 13.4. The zero-order valence-electron chi connectivity index (χ0n) is 12.6. The van der Waals surface area contributed by atoms with E-state index in [0.29, 0.717) is 17.0 Å². The highest BCUT2D eigenvalue weighted by Crippen LogP contribution is 2.33. The van der Waals surface area contributed by atoms with Crippen LogP contribution in [0.3, 0.4) is 0 Å². The van der Waals surface area contributed by atoms with Gasteiger partial charge in [-0.2, -0.15) is 0 Å². The van der Waals surface area contributed by atoms with Gasteiger partial charge in [-0.3, -0.25) is 0 Å². The van der Waals surface area contributed by atoms with Crippen molar-refractivity contribution in [3.05, 3.63) is 34.6 Å². The van der Waals surface area contributed by atoms with Crippen molar-refractivity contribution in [3.8, 4) is 0 Å². The van der Waals surface area contributed by atoms with Gasteiger partial charge < -0.3 is 5.32 Å². The van der Waals surface area contributed by atoms with Crippen molar-refractivity contribution in [1.29, 1.82) is 0 Å². The Morgan fingerprint density at radius 1 is 1.26 bits per heavy atom. The largest absolute Gasteiger partial charge is 0.314 e. The highest BCUT2D eigenvalue weighted by Gasteiger charge is 2.29. The molecule has 0 radical (unpaired) electrons. The lowest BCUT2D eigenvalue weighted by Crippen LogP contribution is -2.40. The molecule has 0 heterocycles. The number of halogens is 2. The molecular formula is C16H25ClFN. The second kappa shape index (κ2) is 6.71. The van der Waals surface area contributed by atoms with Gasteiger partial charge in [-0.15, -0.1) is 0 Å². The Hall–Kier alpha value is -0.600. The molecule has 108 valence electrons. The van der Waals surface area contributed by atoms with E-state index < -0.39 is 0 Å². The fourth-order valence-electron chi connectivity index (χ4n) is 2.02. The van der Waals surface area contributed by atoms with E-state index in [1.165, 1.54) is 6.07 Å². The van der Waals surface area contributed by atoms with Crippen molar-refractivity contribution >= 4 is 11.6 Å². The summed E-state index contributed by atoms with van der Waals surface area (Å²) in [6.07, 6.45) is 0.779. The van der Waals surface area contributed by atoms with Crippen LogP contribution in [0.5, 0.6) is 0 Å². The van der Waals surface area contributed by atoms with E-state index >= 15 is 0 Å². The molecule has 0 aliphatic carbocycles. The van der Waals surface area contributed by atoms with Gasteiger partial charge in [0.2, 0.25) is 0 Å². The Kier molecular flexibility index (Phi) is 5.82. The molecule has 0 aliphatic heterocycles. The van der Waals surface area contributed by atoms with Gasteiger partial charge in [0.25, 0.3) is 0 Å². The Bertz CT molecular complexity index is 417. The topological polar surface area (TPSA) is 12.0 Å². The molecule has 0 fully saturated rings. The summed E-state index contributed by atoms with van der Waals surface area (Å²) >= 11 is 6.18. The van der Waals surface area contributed by atoms with E-state index in [-0.39, 0.29) is 11.2 Å². The molecular weight excluding hydrogens is 261 g/mol. The number of benzene rings is 1. The molecule has 1 rings (SSSR count). The van der Waals surface area contributed by atoms with Crippen LogP contribution < -0.4 is 5.32 Å². The zero-order chi connectivity index (χ0) is 14.6. The van der Waals surface area contributed by atoms with Gasteiger partial charge in [0.05, 0.1) is 0 Å². The van der Waals surface area contributed by atoms with Gasteiger partial charge in [-0.05, 0) is 41.5 Å². The van der Waals surface area contributed by atoms with Crippen molar-refractivity contribution in [1.82, 2.24) is 5.32 Å². The standard InChI is InChI=1S/C16H25ClFN/c1-11(2)16(5,10-19-12(3)4)9-13-8-14(18)6-7-15(13)17/h6-8,11-12,19H,9-10H2,1-5H3. The molecule has 0 amide bonds. The molecule has 0 bridgehead atoms. The molecule has 0 aromatic heterocycles. The molecule has 1 aromatic rings. The predicted molar refractivity (Wildman–Crippen MR) is 81.2 cm³/mol. The lowest BCUT2D eigenvalue weighted by molar-refractivity contribution is 0.202. The Morgan fingerprint density at radius 3 is 2.42 bits per heavy atom. The Labute approximate surface area is 121 Å². The van der Waals surface area contributed by atoms with Crippen LogP contribution in [0.4, 0.5) is 4.39 Å². The molecule has 0 saturated heterocycles. The van der Waals surface area contributed by atoms with Gasteiger partial charge in [0, 0.05) is 17.6 Å². The summed E-state index contributed by atoms with van der Waals surface area (Å²) < 4.78 is 13.4. The van der Waals surface area contributed by atoms with Crippen molar-refractivity contribution < 1.29 is 4.39 Å². The quantitative estimate of drug-likeness (QED) is 0.800. The van der Waals surface area contributed by atoms with E-state index in [4.69, 9.17) is 11.6 Å². The minimum absolute atomic E-state index is 0.0572. The molecule has 0 spiro atoms. The smallest absolute Gasteiger partial charge is 0.123 e. The van der Waals surface area contributed by atoms with Crippen LogP contribution in [-0.4, -0.2) is 12.6 Å². The summed E-state index contributed by atoms with van der Waals surface area (Å²) in [5, 5.41) is 4.14. The molecule has 19 heavy (non-hydrogen) atoms. The second-order valence-corrected chi connectivity index (χ2v) is 6.66. The van der Waals surface area contributed by atoms with Crippen LogP contribution in [0.25, 0.3) is 0 Å². The molecule has 0 saturated carbocycles. The van der Waals surface area contributed by atoms with Gasteiger partial charge in [-0.1, -0.05) is 46.2 Å². The van der Waals surface area contributed by atoms with Crippen LogP contribution in [0, 0.1) is 17.2 Å². The lowest BCUT2D eigenvalue weighted by atomic mass is 9.74. The molecule has 1 nitrogen and oxygen atoms in total. The molecule has 3 heteroatoms. The van der Waals surface area contributed by atoms with Crippen LogP contribution in [0.2, 0.25) is 5.02 Å². The van der Waals surface area contributed by atoms with Crippen LogP contribution in [-0.2, 0) is 6.42 Å². The van der Waals surface area contributed by atoms with E-state index in [2.05, 4.69) is 39.9 Å². The van der Waals surface area contributed by atoms with Gasteiger partial charge in [-0.25, -0.2) is 4.39 Å².